The maximum absolute atomic E-state index is 12.7. The van der Waals surface area contributed by atoms with Crippen LogP contribution < -0.4 is 10.2 Å². The smallest absolute Gasteiger partial charge is 0.243 e. The summed E-state index contributed by atoms with van der Waals surface area (Å²) in [5.74, 6) is 0.136. The Kier molecular flexibility index (Phi) is 4.24. The number of nitrogens with one attached hydrogen (secondary N) is 1. The van der Waals surface area contributed by atoms with Gasteiger partial charge in [0.05, 0.1) is 12.6 Å². The molecule has 0 radical (unpaired) electrons. The summed E-state index contributed by atoms with van der Waals surface area (Å²) in [4.78, 5) is 14.6. The second-order valence-corrected chi connectivity index (χ2v) is 5.89. The molecular formula is C17H22N4O. The fourth-order valence-electron chi connectivity index (χ4n) is 3.04. The first kappa shape index (κ1) is 14.8. The number of benzene rings is 1. The molecule has 2 aromatic rings. The zero-order valence-electron chi connectivity index (χ0n) is 13.1. The van der Waals surface area contributed by atoms with E-state index in [9.17, 15) is 4.79 Å². The molecular weight excluding hydrogens is 276 g/mol. The molecule has 22 heavy (non-hydrogen) atoms. The van der Waals surface area contributed by atoms with Gasteiger partial charge in [0.25, 0.3) is 0 Å². The molecule has 1 aliphatic heterocycles. The maximum atomic E-state index is 12.7. The second kappa shape index (κ2) is 6.32. The number of amides is 1. The van der Waals surface area contributed by atoms with Crippen LogP contribution in [0.2, 0.25) is 0 Å². The third kappa shape index (κ3) is 3.04. The lowest BCUT2D eigenvalue weighted by Crippen LogP contribution is -2.48. The number of aromatic nitrogens is 2. The van der Waals surface area contributed by atoms with E-state index in [1.165, 1.54) is 5.56 Å². The van der Waals surface area contributed by atoms with Crippen LogP contribution in [0.3, 0.4) is 0 Å². The first-order valence-electron chi connectivity index (χ1n) is 7.78. The Bertz CT molecular complexity index is 638. The number of carbonyl (C=O) groups is 1. The Balaban J connectivity index is 1.60. The first-order chi connectivity index (χ1) is 10.6. The van der Waals surface area contributed by atoms with Crippen LogP contribution in [0.15, 0.2) is 42.7 Å². The fraction of sp³-hybridized carbons (Fsp3) is 0.412. The molecule has 0 fully saturated rings. The minimum Gasteiger partial charge on any atom is -0.310 e. The minimum atomic E-state index is -0.211. The Morgan fingerprint density at radius 1 is 1.32 bits per heavy atom. The van der Waals surface area contributed by atoms with Crippen LogP contribution in [-0.4, -0.2) is 34.3 Å². The summed E-state index contributed by atoms with van der Waals surface area (Å²) in [6.45, 7) is 5.53. The third-order valence-electron chi connectivity index (χ3n) is 4.08. The molecule has 2 atom stereocenters. The molecule has 0 unspecified atom stereocenters. The number of hydrogen-bond acceptors (Lipinski definition) is 3. The lowest BCUT2D eigenvalue weighted by molar-refractivity contribution is -0.120. The predicted octanol–water partition coefficient (Wildman–Crippen LogP) is 1.84. The SMILES string of the molecule is C[C@H](Cn1cccn1)N[C@H](C)C(=O)N1CCc2ccccc21. The zero-order chi connectivity index (χ0) is 15.5. The van der Waals surface area contributed by atoms with Crippen molar-refractivity contribution in [3.05, 3.63) is 48.3 Å². The Morgan fingerprint density at radius 2 is 2.14 bits per heavy atom. The van der Waals surface area contributed by atoms with Crippen LogP contribution >= 0.6 is 0 Å². The topological polar surface area (TPSA) is 50.2 Å². The predicted molar refractivity (Wildman–Crippen MR) is 86.8 cm³/mol. The minimum absolute atomic E-state index is 0.136. The molecule has 5 nitrogen and oxygen atoms in total. The van der Waals surface area contributed by atoms with Crippen molar-refractivity contribution >= 4 is 11.6 Å². The van der Waals surface area contributed by atoms with Gasteiger partial charge in [-0.1, -0.05) is 18.2 Å². The number of rotatable bonds is 5. The molecule has 0 saturated carbocycles. The van der Waals surface area contributed by atoms with Crippen molar-refractivity contribution in [2.45, 2.75) is 38.9 Å². The molecule has 1 aromatic carbocycles. The molecule has 1 aliphatic rings. The molecule has 116 valence electrons. The van der Waals surface area contributed by atoms with Crippen molar-refractivity contribution in [1.29, 1.82) is 0 Å². The van der Waals surface area contributed by atoms with Gasteiger partial charge in [0.1, 0.15) is 0 Å². The van der Waals surface area contributed by atoms with E-state index in [-0.39, 0.29) is 18.0 Å². The van der Waals surface area contributed by atoms with Crippen LogP contribution in [-0.2, 0) is 17.8 Å². The maximum Gasteiger partial charge on any atom is 0.243 e. The van der Waals surface area contributed by atoms with Gasteiger partial charge >= 0.3 is 0 Å². The average molecular weight is 298 g/mol. The van der Waals surface area contributed by atoms with Crippen molar-refractivity contribution in [2.75, 3.05) is 11.4 Å². The van der Waals surface area contributed by atoms with Crippen molar-refractivity contribution in [3.8, 4) is 0 Å². The molecule has 3 rings (SSSR count). The summed E-state index contributed by atoms with van der Waals surface area (Å²) in [7, 11) is 0. The van der Waals surface area contributed by atoms with Gasteiger partial charge in [0.15, 0.2) is 0 Å². The number of carbonyl (C=O) groups excluding carboxylic acids is 1. The highest BCUT2D eigenvalue weighted by molar-refractivity contribution is 5.98. The third-order valence-corrected chi connectivity index (χ3v) is 4.08. The number of anilines is 1. The highest BCUT2D eigenvalue weighted by Crippen LogP contribution is 2.27. The van der Waals surface area contributed by atoms with E-state index in [0.29, 0.717) is 0 Å². The molecule has 0 spiro atoms. The van der Waals surface area contributed by atoms with Crippen LogP contribution in [0, 0.1) is 0 Å². The Morgan fingerprint density at radius 3 is 2.91 bits per heavy atom. The van der Waals surface area contributed by atoms with Gasteiger partial charge in [-0.2, -0.15) is 5.10 Å². The number of hydrogen-bond donors (Lipinski definition) is 1. The number of para-hydroxylation sites is 1. The van der Waals surface area contributed by atoms with Crippen molar-refractivity contribution in [1.82, 2.24) is 15.1 Å². The largest absolute Gasteiger partial charge is 0.310 e. The van der Waals surface area contributed by atoms with Crippen molar-refractivity contribution < 1.29 is 4.79 Å². The van der Waals surface area contributed by atoms with E-state index in [1.54, 1.807) is 6.20 Å². The quantitative estimate of drug-likeness (QED) is 0.916. The molecule has 0 saturated heterocycles. The standard InChI is InChI=1S/C17H22N4O/c1-13(12-20-10-5-9-18-20)19-14(2)17(22)21-11-8-15-6-3-4-7-16(15)21/h3-7,9-10,13-14,19H,8,11-12H2,1-2H3/t13-,14-/m1/s1. The summed E-state index contributed by atoms with van der Waals surface area (Å²) < 4.78 is 1.88. The van der Waals surface area contributed by atoms with Gasteiger partial charge in [-0.05, 0) is 38.0 Å². The highest BCUT2D eigenvalue weighted by atomic mass is 16.2. The van der Waals surface area contributed by atoms with E-state index in [2.05, 4.69) is 23.4 Å². The number of fused-ring (bicyclic) bond motifs is 1. The van der Waals surface area contributed by atoms with Crippen LogP contribution in [0.4, 0.5) is 5.69 Å². The van der Waals surface area contributed by atoms with Crippen molar-refractivity contribution in [2.24, 2.45) is 0 Å². The Hall–Kier alpha value is -2.14. The fourth-order valence-corrected chi connectivity index (χ4v) is 3.04. The second-order valence-electron chi connectivity index (χ2n) is 5.89. The van der Waals surface area contributed by atoms with Gasteiger partial charge in [0, 0.05) is 30.7 Å². The van der Waals surface area contributed by atoms with Gasteiger partial charge in [0.2, 0.25) is 5.91 Å². The van der Waals surface area contributed by atoms with Gasteiger partial charge in [-0.3, -0.25) is 9.48 Å². The van der Waals surface area contributed by atoms with Crippen LogP contribution in [0.25, 0.3) is 0 Å². The van der Waals surface area contributed by atoms with Gasteiger partial charge in [-0.15, -0.1) is 0 Å². The molecule has 2 heterocycles. The Labute approximate surface area is 130 Å². The summed E-state index contributed by atoms with van der Waals surface area (Å²) in [5.41, 5.74) is 2.31. The number of nitrogens with zero attached hydrogens (tertiary/aromatic N) is 3. The van der Waals surface area contributed by atoms with E-state index in [1.807, 2.05) is 47.0 Å². The highest BCUT2D eigenvalue weighted by Gasteiger charge is 2.28. The van der Waals surface area contributed by atoms with Gasteiger partial charge in [-0.25, -0.2) is 0 Å². The normalized spacial score (nSPS) is 16.4. The summed E-state index contributed by atoms with van der Waals surface area (Å²) >= 11 is 0. The molecule has 5 heteroatoms. The van der Waals surface area contributed by atoms with Crippen LogP contribution in [0.5, 0.6) is 0 Å². The van der Waals surface area contributed by atoms with E-state index >= 15 is 0 Å². The van der Waals surface area contributed by atoms with E-state index in [4.69, 9.17) is 0 Å². The average Bonchev–Trinajstić information content (AvgIpc) is 3.15. The summed E-state index contributed by atoms with van der Waals surface area (Å²) in [6, 6.07) is 10.0. The molecule has 0 aliphatic carbocycles. The zero-order valence-corrected chi connectivity index (χ0v) is 13.1. The van der Waals surface area contributed by atoms with E-state index in [0.717, 1.165) is 25.2 Å². The molecule has 0 bridgehead atoms. The molecule has 1 amide bonds. The van der Waals surface area contributed by atoms with E-state index < -0.39 is 0 Å². The van der Waals surface area contributed by atoms with Crippen LogP contribution in [0.1, 0.15) is 19.4 Å². The molecule has 1 aromatic heterocycles. The lowest BCUT2D eigenvalue weighted by atomic mass is 10.2. The molecule has 1 N–H and O–H groups in total. The lowest BCUT2D eigenvalue weighted by Gasteiger charge is -2.25. The van der Waals surface area contributed by atoms with Crippen molar-refractivity contribution in [3.63, 3.8) is 0 Å². The van der Waals surface area contributed by atoms with Gasteiger partial charge < -0.3 is 10.2 Å². The first-order valence-corrected chi connectivity index (χ1v) is 7.78. The monoisotopic (exact) mass is 298 g/mol. The summed E-state index contributed by atoms with van der Waals surface area (Å²) in [6.07, 6.45) is 4.64. The summed E-state index contributed by atoms with van der Waals surface area (Å²) in [5, 5.41) is 7.57.